The van der Waals surface area contributed by atoms with Gasteiger partial charge in [0.2, 0.25) is 0 Å². The first kappa shape index (κ1) is 14.2. The van der Waals surface area contributed by atoms with E-state index in [-0.39, 0.29) is 0 Å². The number of hydrogen-bond acceptors (Lipinski definition) is 1. The first-order valence-electron chi connectivity index (χ1n) is 7.06. The Hall–Kier alpha value is -0.820. The standard InChI is InChI=1S/C16H27N/c1-4-9-14(3)13-16(17-12-5-2)15-10-7-6-8-11-15/h6-8,10-11,14,16-17H,4-5,9,12-13H2,1-3H3. The van der Waals surface area contributed by atoms with Gasteiger partial charge < -0.3 is 5.32 Å². The van der Waals surface area contributed by atoms with Crippen LogP contribution in [-0.2, 0) is 0 Å². The molecule has 0 aliphatic carbocycles. The molecule has 2 atom stereocenters. The lowest BCUT2D eigenvalue weighted by atomic mass is 9.93. The molecular weight excluding hydrogens is 206 g/mol. The molecule has 0 aliphatic heterocycles. The second-order valence-corrected chi connectivity index (χ2v) is 5.05. The van der Waals surface area contributed by atoms with E-state index in [4.69, 9.17) is 0 Å². The van der Waals surface area contributed by atoms with Crippen molar-refractivity contribution in [3.05, 3.63) is 35.9 Å². The summed E-state index contributed by atoms with van der Waals surface area (Å²) in [5.41, 5.74) is 1.43. The van der Waals surface area contributed by atoms with Crippen molar-refractivity contribution in [1.82, 2.24) is 5.32 Å². The highest BCUT2D eigenvalue weighted by Gasteiger charge is 2.13. The molecule has 2 unspecified atom stereocenters. The number of rotatable bonds is 8. The summed E-state index contributed by atoms with van der Waals surface area (Å²) >= 11 is 0. The van der Waals surface area contributed by atoms with Crippen molar-refractivity contribution in [2.24, 2.45) is 5.92 Å². The van der Waals surface area contributed by atoms with Crippen LogP contribution in [0, 0.1) is 5.92 Å². The van der Waals surface area contributed by atoms with Crippen LogP contribution in [0.5, 0.6) is 0 Å². The highest BCUT2D eigenvalue weighted by molar-refractivity contribution is 5.18. The van der Waals surface area contributed by atoms with Crippen LogP contribution in [0.2, 0.25) is 0 Å². The lowest BCUT2D eigenvalue weighted by Gasteiger charge is -2.22. The van der Waals surface area contributed by atoms with E-state index in [2.05, 4.69) is 56.4 Å². The molecule has 1 N–H and O–H groups in total. The first-order valence-corrected chi connectivity index (χ1v) is 7.06. The predicted molar refractivity (Wildman–Crippen MR) is 76.2 cm³/mol. The minimum Gasteiger partial charge on any atom is -0.310 e. The molecule has 1 heteroatoms. The van der Waals surface area contributed by atoms with E-state index in [1.807, 2.05) is 0 Å². The molecule has 96 valence electrons. The third kappa shape index (κ3) is 5.36. The normalized spacial score (nSPS) is 14.5. The van der Waals surface area contributed by atoms with Crippen molar-refractivity contribution >= 4 is 0 Å². The molecule has 0 amide bonds. The molecule has 0 fully saturated rings. The predicted octanol–water partition coefficient (Wildman–Crippen LogP) is 4.55. The molecular formula is C16H27N. The number of nitrogens with one attached hydrogen (secondary N) is 1. The van der Waals surface area contributed by atoms with Crippen molar-refractivity contribution in [3.8, 4) is 0 Å². The Bertz CT molecular complexity index is 281. The molecule has 1 aromatic carbocycles. The highest BCUT2D eigenvalue weighted by atomic mass is 14.9. The molecule has 0 spiro atoms. The van der Waals surface area contributed by atoms with Crippen molar-refractivity contribution in [2.45, 2.75) is 52.5 Å². The second-order valence-electron chi connectivity index (χ2n) is 5.05. The molecule has 0 aromatic heterocycles. The SMILES string of the molecule is CCCNC(CC(C)CCC)c1ccccc1. The van der Waals surface area contributed by atoms with Crippen LogP contribution in [0.1, 0.15) is 58.1 Å². The Kier molecular flexibility index (Phi) is 6.95. The maximum Gasteiger partial charge on any atom is 0.0322 e. The van der Waals surface area contributed by atoms with Gasteiger partial charge in [0.25, 0.3) is 0 Å². The summed E-state index contributed by atoms with van der Waals surface area (Å²) in [5.74, 6) is 0.801. The maximum absolute atomic E-state index is 3.68. The van der Waals surface area contributed by atoms with Gasteiger partial charge in [-0.05, 0) is 30.9 Å². The van der Waals surface area contributed by atoms with E-state index in [0.29, 0.717) is 6.04 Å². The van der Waals surface area contributed by atoms with Gasteiger partial charge in [0.05, 0.1) is 0 Å². The summed E-state index contributed by atoms with van der Waals surface area (Å²) in [7, 11) is 0. The van der Waals surface area contributed by atoms with Crippen molar-refractivity contribution in [3.63, 3.8) is 0 Å². The van der Waals surface area contributed by atoms with Gasteiger partial charge in [-0.3, -0.25) is 0 Å². The molecule has 0 saturated carbocycles. The van der Waals surface area contributed by atoms with Crippen LogP contribution in [-0.4, -0.2) is 6.54 Å². The van der Waals surface area contributed by atoms with Gasteiger partial charge in [-0.25, -0.2) is 0 Å². The quantitative estimate of drug-likeness (QED) is 0.694. The van der Waals surface area contributed by atoms with Crippen molar-refractivity contribution in [1.29, 1.82) is 0 Å². The second kappa shape index (κ2) is 8.30. The smallest absolute Gasteiger partial charge is 0.0322 e. The maximum atomic E-state index is 3.68. The zero-order chi connectivity index (χ0) is 12.5. The Morgan fingerprint density at radius 3 is 2.35 bits per heavy atom. The Balaban J connectivity index is 2.60. The van der Waals surface area contributed by atoms with Gasteiger partial charge in [-0.1, -0.05) is 63.9 Å². The Labute approximate surface area is 107 Å². The zero-order valence-corrected chi connectivity index (χ0v) is 11.6. The van der Waals surface area contributed by atoms with Crippen LogP contribution in [0.25, 0.3) is 0 Å². The van der Waals surface area contributed by atoms with E-state index in [0.717, 1.165) is 12.5 Å². The van der Waals surface area contributed by atoms with E-state index in [9.17, 15) is 0 Å². The van der Waals surface area contributed by atoms with Gasteiger partial charge in [-0.15, -0.1) is 0 Å². The largest absolute Gasteiger partial charge is 0.310 e. The molecule has 17 heavy (non-hydrogen) atoms. The number of hydrogen-bond donors (Lipinski definition) is 1. The third-order valence-electron chi connectivity index (χ3n) is 3.26. The Morgan fingerprint density at radius 1 is 1.06 bits per heavy atom. The summed E-state index contributed by atoms with van der Waals surface area (Å²) < 4.78 is 0. The molecule has 0 saturated heterocycles. The van der Waals surface area contributed by atoms with Gasteiger partial charge in [0.1, 0.15) is 0 Å². The molecule has 0 bridgehead atoms. The monoisotopic (exact) mass is 233 g/mol. The molecule has 0 aliphatic rings. The fourth-order valence-electron chi connectivity index (χ4n) is 2.35. The molecule has 0 heterocycles. The van der Waals surface area contributed by atoms with Crippen LogP contribution < -0.4 is 5.32 Å². The van der Waals surface area contributed by atoms with E-state index in [1.54, 1.807) is 0 Å². The Morgan fingerprint density at radius 2 is 1.76 bits per heavy atom. The summed E-state index contributed by atoms with van der Waals surface area (Å²) in [6.07, 6.45) is 5.07. The summed E-state index contributed by atoms with van der Waals surface area (Å²) in [6.45, 7) is 7.98. The minimum absolute atomic E-state index is 0.526. The van der Waals surface area contributed by atoms with Crippen molar-refractivity contribution in [2.75, 3.05) is 6.54 Å². The van der Waals surface area contributed by atoms with E-state index in [1.165, 1.54) is 31.2 Å². The summed E-state index contributed by atoms with van der Waals surface area (Å²) in [4.78, 5) is 0. The van der Waals surface area contributed by atoms with Gasteiger partial charge in [0, 0.05) is 6.04 Å². The molecule has 1 aromatic rings. The van der Waals surface area contributed by atoms with Gasteiger partial charge in [-0.2, -0.15) is 0 Å². The first-order chi connectivity index (χ1) is 8.27. The molecule has 0 radical (unpaired) electrons. The van der Waals surface area contributed by atoms with Gasteiger partial charge in [0.15, 0.2) is 0 Å². The number of benzene rings is 1. The lowest BCUT2D eigenvalue weighted by Crippen LogP contribution is -2.24. The summed E-state index contributed by atoms with van der Waals surface area (Å²) in [5, 5.41) is 3.68. The minimum atomic E-state index is 0.526. The van der Waals surface area contributed by atoms with E-state index < -0.39 is 0 Å². The van der Waals surface area contributed by atoms with E-state index >= 15 is 0 Å². The highest BCUT2D eigenvalue weighted by Crippen LogP contribution is 2.23. The lowest BCUT2D eigenvalue weighted by molar-refractivity contribution is 0.390. The van der Waals surface area contributed by atoms with Crippen LogP contribution in [0.3, 0.4) is 0 Å². The van der Waals surface area contributed by atoms with Crippen LogP contribution >= 0.6 is 0 Å². The third-order valence-corrected chi connectivity index (χ3v) is 3.26. The topological polar surface area (TPSA) is 12.0 Å². The van der Waals surface area contributed by atoms with Gasteiger partial charge >= 0.3 is 0 Å². The zero-order valence-electron chi connectivity index (χ0n) is 11.6. The summed E-state index contributed by atoms with van der Waals surface area (Å²) in [6, 6.07) is 11.4. The average Bonchev–Trinajstić information content (AvgIpc) is 2.36. The fraction of sp³-hybridized carbons (Fsp3) is 0.625. The molecule has 1 rings (SSSR count). The fourth-order valence-corrected chi connectivity index (χ4v) is 2.35. The van der Waals surface area contributed by atoms with Crippen LogP contribution in [0.15, 0.2) is 30.3 Å². The van der Waals surface area contributed by atoms with Crippen LogP contribution in [0.4, 0.5) is 0 Å². The van der Waals surface area contributed by atoms with Crippen molar-refractivity contribution < 1.29 is 0 Å². The average molecular weight is 233 g/mol. The molecule has 1 nitrogen and oxygen atoms in total.